The normalized spacial score (nSPS) is 18.9. The summed E-state index contributed by atoms with van der Waals surface area (Å²) in [5.41, 5.74) is 6.50. The van der Waals surface area contributed by atoms with Gasteiger partial charge in [-0.05, 0) is 60.0 Å². The predicted octanol–water partition coefficient (Wildman–Crippen LogP) is 3.83. The highest BCUT2D eigenvalue weighted by Gasteiger charge is 2.47. The number of carbonyl (C=O) groups excluding carboxylic acids is 2. The number of nitrogens with one attached hydrogen (secondary N) is 2. The monoisotopic (exact) mass is 442 g/mol. The molecule has 1 aliphatic heterocycles. The van der Waals surface area contributed by atoms with Crippen LogP contribution in [0.3, 0.4) is 0 Å². The van der Waals surface area contributed by atoms with Crippen molar-refractivity contribution in [2.75, 3.05) is 7.11 Å². The van der Waals surface area contributed by atoms with Crippen LogP contribution in [0, 0.1) is 0 Å². The number of amides is 2. The molecule has 2 N–H and O–H groups in total. The minimum atomic E-state index is -0.766. The minimum Gasteiger partial charge on any atom is -0.497 e. The Kier molecular flexibility index (Phi) is 6.54. The molecule has 2 amide bonds. The number of hydrogen-bond donors (Lipinski definition) is 2. The fourth-order valence-corrected chi connectivity index (χ4v) is 3.92. The molecule has 3 aromatic rings. The first-order valence-electron chi connectivity index (χ1n) is 11.0. The van der Waals surface area contributed by atoms with Crippen LogP contribution in [0.15, 0.2) is 78.9 Å². The Morgan fingerprint density at radius 1 is 1.00 bits per heavy atom. The van der Waals surface area contributed by atoms with Gasteiger partial charge in [-0.25, -0.2) is 0 Å². The maximum Gasteiger partial charge on any atom is 0.304 e. The molecule has 1 heterocycles. The third-order valence-electron chi connectivity index (χ3n) is 5.81. The highest BCUT2D eigenvalue weighted by Crippen LogP contribution is 2.27. The van der Waals surface area contributed by atoms with Crippen molar-refractivity contribution in [3.05, 3.63) is 101 Å². The van der Waals surface area contributed by atoms with Gasteiger partial charge in [-0.3, -0.25) is 9.59 Å². The van der Waals surface area contributed by atoms with Crippen molar-refractivity contribution in [1.29, 1.82) is 0 Å². The summed E-state index contributed by atoms with van der Waals surface area (Å²) in [4.78, 5) is 25.8. The largest absolute Gasteiger partial charge is 0.497 e. The molecule has 6 nitrogen and oxygen atoms in total. The second-order valence-corrected chi connectivity index (χ2v) is 8.37. The van der Waals surface area contributed by atoms with Crippen molar-refractivity contribution in [2.45, 2.75) is 31.8 Å². The number of methoxy groups -OCH3 is 1. The van der Waals surface area contributed by atoms with E-state index >= 15 is 0 Å². The lowest BCUT2D eigenvalue weighted by Crippen LogP contribution is -2.42. The summed E-state index contributed by atoms with van der Waals surface area (Å²) in [5.74, 6) is 0.600. The minimum absolute atomic E-state index is 0.268. The Morgan fingerprint density at radius 2 is 1.67 bits per heavy atom. The molecule has 1 aliphatic rings. The van der Waals surface area contributed by atoms with E-state index in [2.05, 4.69) is 36.7 Å². The van der Waals surface area contributed by atoms with Crippen molar-refractivity contribution in [3.63, 3.8) is 0 Å². The Bertz CT molecular complexity index is 1150. The molecule has 168 valence electrons. The summed E-state index contributed by atoms with van der Waals surface area (Å²) in [6.07, 6.45) is 1.89. The summed E-state index contributed by atoms with van der Waals surface area (Å²) >= 11 is 0. The standard InChI is InChI=1S/C27H27N3O3/c1-18(2)20-11-9-19(10-12-20)17-30-25(21-13-15-23(33-3)16-14-21)24(27(32)29-30)28-26(31)22-7-5-4-6-8-22/h4-18,24-25H,1-3H3,(H-,28,29,31,32)/p+1/b30-17-/t24-,25+/m1/s1. The van der Waals surface area contributed by atoms with E-state index in [-0.39, 0.29) is 11.8 Å². The van der Waals surface area contributed by atoms with Gasteiger partial charge >= 0.3 is 5.91 Å². The van der Waals surface area contributed by atoms with Gasteiger partial charge in [0.05, 0.1) is 7.11 Å². The van der Waals surface area contributed by atoms with Gasteiger partial charge in [0.25, 0.3) is 5.91 Å². The van der Waals surface area contributed by atoms with Crippen LogP contribution < -0.4 is 15.5 Å². The first-order valence-corrected chi connectivity index (χ1v) is 11.0. The molecule has 0 spiro atoms. The van der Waals surface area contributed by atoms with Crippen LogP contribution in [0.5, 0.6) is 5.75 Å². The molecule has 0 aromatic heterocycles. The number of benzene rings is 3. The molecule has 2 atom stereocenters. The van der Waals surface area contributed by atoms with Crippen molar-refractivity contribution < 1.29 is 19.0 Å². The van der Waals surface area contributed by atoms with E-state index in [0.29, 0.717) is 11.5 Å². The molecule has 0 bridgehead atoms. The molecule has 0 radical (unpaired) electrons. The number of ether oxygens (including phenoxy) is 1. The van der Waals surface area contributed by atoms with Crippen LogP contribution >= 0.6 is 0 Å². The average Bonchev–Trinajstić information content (AvgIpc) is 3.14. The van der Waals surface area contributed by atoms with Gasteiger partial charge in [0.2, 0.25) is 12.3 Å². The lowest BCUT2D eigenvalue weighted by Gasteiger charge is -2.15. The Hall–Kier alpha value is -3.93. The highest BCUT2D eigenvalue weighted by molar-refractivity contribution is 5.98. The molecule has 1 saturated heterocycles. The second kappa shape index (κ2) is 9.69. The molecule has 0 saturated carbocycles. The van der Waals surface area contributed by atoms with E-state index in [9.17, 15) is 9.59 Å². The fourth-order valence-electron chi connectivity index (χ4n) is 3.92. The van der Waals surface area contributed by atoms with Crippen molar-refractivity contribution in [3.8, 4) is 5.75 Å². The number of rotatable bonds is 6. The Labute approximate surface area is 193 Å². The van der Waals surface area contributed by atoms with Gasteiger partial charge in [0.1, 0.15) is 5.75 Å². The van der Waals surface area contributed by atoms with Crippen molar-refractivity contribution in [1.82, 2.24) is 10.7 Å². The zero-order chi connectivity index (χ0) is 23.4. The summed E-state index contributed by atoms with van der Waals surface area (Å²) in [6.45, 7) is 4.30. The molecule has 0 aliphatic carbocycles. The summed E-state index contributed by atoms with van der Waals surface area (Å²) < 4.78 is 7.05. The fraction of sp³-hybridized carbons (Fsp3) is 0.222. The molecular weight excluding hydrogens is 414 g/mol. The highest BCUT2D eigenvalue weighted by atomic mass is 16.5. The number of hydrazone groups is 1. The van der Waals surface area contributed by atoms with Crippen molar-refractivity contribution in [2.24, 2.45) is 0 Å². The average molecular weight is 443 g/mol. The van der Waals surface area contributed by atoms with E-state index in [4.69, 9.17) is 4.74 Å². The summed E-state index contributed by atoms with van der Waals surface area (Å²) in [7, 11) is 1.61. The van der Waals surface area contributed by atoms with Gasteiger partial charge in [-0.2, -0.15) is 0 Å². The maximum atomic E-state index is 13.0. The molecule has 4 rings (SSSR count). The van der Waals surface area contributed by atoms with Gasteiger partial charge < -0.3 is 10.1 Å². The van der Waals surface area contributed by atoms with Gasteiger partial charge in [0.15, 0.2) is 6.04 Å². The van der Waals surface area contributed by atoms with Crippen LogP contribution in [0.4, 0.5) is 0 Å². The third-order valence-corrected chi connectivity index (χ3v) is 5.81. The van der Waals surface area contributed by atoms with Gasteiger partial charge in [-0.15, -0.1) is 10.1 Å². The summed E-state index contributed by atoms with van der Waals surface area (Å²) in [5, 5.41) is 2.92. The van der Waals surface area contributed by atoms with E-state index in [1.54, 1.807) is 36.1 Å². The van der Waals surface area contributed by atoms with Crippen LogP contribution in [-0.2, 0) is 4.79 Å². The zero-order valence-electron chi connectivity index (χ0n) is 19.0. The number of hydrazine groups is 1. The topological polar surface area (TPSA) is 70.4 Å². The SMILES string of the molecule is COc1ccc([C@H]2[C@@H](NC(=O)c3ccccc3)C(=O)N/[N+]2=C\c2ccc(C(C)C)cc2)cc1. The Balaban J connectivity index is 1.69. The molecule has 0 unspecified atom stereocenters. The van der Waals surface area contributed by atoms with E-state index in [0.717, 1.165) is 16.9 Å². The second-order valence-electron chi connectivity index (χ2n) is 8.37. The summed E-state index contributed by atoms with van der Waals surface area (Å²) in [6, 6.07) is 23.5. The van der Waals surface area contributed by atoms with Crippen LogP contribution in [-0.4, -0.2) is 35.9 Å². The van der Waals surface area contributed by atoms with Crippen molar-refractivity contribution >= 4 is 18.0 Å². The van der Waals surface area contributed by atoms with Gasteiger partial charge in [0, 0.05) is 16.7 Å². The van der Waals surface area contributed by atoms with Crippen LogP contribution in [0.25, 0.3) is 0 Å². The predicted molar refractivity (Wildman–Crippen MR) is 128 cm³/mol. The Morgan fingerprint density at radius 3 is 2.27 bits per heavy atom. The van der Waals surface area contributed by atoms with Crippen LogP contribution in [0.2, 0.25) is 0 Å². The van der Waals surface area contributed by atoms with Crippen LogP contribution in [0.1, 0.15) is 52.9 Å². The molecule has 1 fully saturated rings. The number of nitrogens with zero attached hydrogens (tertiary/aromatic N) is 1. The number of carbonyl (C=O) groups is 2. The van der Waals surface area contributed by atoms with E-state index < -0.39 is 12.1 Å². The molecule has 6 heteroatoms. The van der Waals surface area contributed by atoms with E-state index in [1.807, 2.05) is 48.7 Å². The zero-order valence-corrected chi connectivity index (χ0v) is 19.0. The molecule has 3 aromatic carbocycles. The van der Waals surface area contributed by atoms with E-state index in [1.165, 1.54) is 5.56 Å². The molecular formula is C27H28N3O3+. The smallest absolute Gasteiger partial charge is 0.304 e. The quantitative estimate of drug-likeness (QED) is 0.570. The lowest BCUT2D eigenvalue weighted by atomic mass is 9.99. The maximum absolute atomic E-state index is 13.0. The first kappa shape index (κ1) is 22.3. The number of hydrogen-bond acceptors (Lipinski definition) is 3. The first-order chi connectivity index (χ1) is 16.0. The third kappa shape index (κ3) is 4.95. The molecule has 33 heavy (non-hydrogen) atoms. The van der Waals surface area contributed by atoms with Gasteiger partial charge in [-0.1, -0.05) is 44.2 Å². The lowest BCUT2D eigenvalue weighted by molar-refractivity contribution is -0.596.